The highest BCUT2D eigenvalue weighted by Gasteiger charge is 2.38. The first-order valence-corrected chi connectivity index (χ1v) is 5.18. The maximum absolute atomic E-state index is 9.24. The van der Waals surface area contributed by atoms with Crippen LogP contribution in [0.4, 0.5) is 0 Å². The zero-order chi connectivity index (χ0) is 10.0. The fraction of sp³-hybridized carbons (Fsp3) is 0.583. The number of furan rings is 1. The largest absolute Gasteiger partial charge is 0.469 e. The molecule has 1 heterocycles. The lowest BCUT2D eigenvalue weighted by Crippen LogP contribution is -2.17. The van der Waals surface area contributed by atoms with Gasteiger partial charge in [0.1, 0.15) is 5.76 Å². The van der Waals surface area contributed by atoms with E-state index in [1.54, 1.807) is 6.26 Å². The topological polar surface area (TPSA) is 36.9 Å². The molecule has 1 aliphatic carbocycles. The van der Waals surface area contributed by atoms with Crippen molar-refractivity contribution in [3.63, 3.8) is 0 Å². The molecule has 0 saturated heterocycles. The SMILES string of the molecule is CC1CCC(C#N)(Cc2ccco2)C1. The molecule has 0 spiro atoms. The van der Waals surface area contributed by atoms with Crippen LogP contribution in [0, 0.1) is 22.7 Å². The monoisotopic (exact) mass is 189 g/mol. The zero-order valence-corrected chi connectivity index (χ0v) is 8.49. The summed E-state index contributed by atoms with van der Waals surface area (Å²) < 4.78 is 5.31. The van der Waals surface area contributed by atoms with Gasteiger partial charge in [0, 0.05) is 6.42 Å². The average molecular weight is 189 g/mol. The predicted molar refractivity (Wildman–Crippen MR) is 53.5 cm³/mol. The van der Waals surface area contributed by atoms with Crippen LogP contribution in [0.5, 0.6) is 0 Å². The molecule has 1 saturated carbocycles. The fourth-order valence-electron chi connectivity index (χ4n) is 2.44. The van der Waals surface area contributed by atoms with Crippen LogP contribution in [0.15, 0.2) is 22.8 Å². The maximum Gasteiger partial charge on any atom is 0.105 e. The van der Waals surface area contributed by atoms with Gasteiger partial charge >= 0.3 is 0 Å². The highest BCUT2D eigenvalue weighted by Crippen LogP contribution is 2.43. The summed E-state index contributed by atoms with van der Waals surface area (Å²) in [5, 5.41) is 9.24. The van der Waals surface area contributed by atoms with Gasteiger partial charge in [-0.25, -0.2) is 0 Å². The lowest BCUT2D eigenvalue weighted by atomic mass is 9.83. The van der Waals surface area contributed by atoms with Gasteiger partial charge in [-0.1, -0.05) is 6.92 Å². The molecule has 0 aliphatic heterocycles. The van der Waals surface area contributed by atoms with Crippen molar-refractivity contribution in [1.29, 1.82) is 5.26 Å². The summed E-state index contributed by atoms with van der Waals surface area (Å²) in [6.45, 7) is 2.22. The highest BCUT2D eigenvalue weighted by atomic mass is 16.3. The summed E-state index contributed by atoms with van der Waals surface area (Å²) in [6, 6.07) is 6.33. The molecule has 2 rings (SSSR count). The van der Waals surface area contributed by atoms with E-state index in [0.717, 1.165) is 25.0 Å². The molecule has 1 aliphatic rings. The number of nitrogens with zero attached hydrogens (tertiary/aromatic N) is 1. The summed E-state index contributed by atoms with van der Waals surface area (Å²) >= 11 is 0. The first kappa shape index (κ1) is 9.33. The molecular formula is C12H15NO. The first-order chi connectivity index (χ1) is 6.74. The minimum Gasteiger partial charge on any atom is -0.469 e. The highest BCUT2D eigenvalue weighted by molar-refractivity contribution is 5.11. The van der Waals surface area contributed by atoms with Gasteiger partial charge in [0.15, 0.2) is 0 Å². The number of hydrogen-bond donors (Lipinski definition) is 0. The van der Waals surface area contributed by atoms with Crippen molar-refractivity contribution in [2.24, 2.45) is 11.3 Å². The van der Waals surface area contributed by atoms with Crippen LogP contribution in [-0.2, 0) is 6.42 Å². The Labute approximate surface area is 84.5 Å². The predicted octanol–water partition coefficient (Wildman–Crippen LogP) is 3.15. The molecule has 74 valence electrons. The number of rotatable bonds is 2. The number of hydrogen-bond acceptors (Lipinski definition) is 2. The van der Waals surface area contributed by atoms with Crippen molar-refractivity contribution in [3.8, 4) is 6.07 Å². The second-order valence-electron chi connectivity index (χ2n) is 4.50. The van der Waals surface area contributed by atoms with Gasteiger partial charge in [-0.15, -0.1) is 0 Å². The summed E-state index contributed by atoms with van der Waals surface area (Å²) in [4.78, 5) is 0. The van der Waals surface area contributed by atoms with Crippen molar-refractivity contribution in [2.45, 2.75) is 32.6 Å². The third-order valence-corrected chi connectivity index (χ3v) is 3.18. The second kappa shape index (κ2) is 3.49. The minimum atomic E-state index is -0.155. The Hall–Kier alpha value is -1.23. The van der Waals surface area contributed by atoms with Crippen LogP contribution < -0.4 is 0 Å². The van der Waals surface area contributed by atoms with Crippen LogP contribution >= 0.6 is 0 Å². The zero-order valence-electron chi connectivity index (χ0n) is 8.49. The van der Waals surface area contributed by atoms with Gasteiger partial charge in [-0.2, -0.15) is 5.26 Å². The van der Waals surface area contributed by atoms with Crippen LogP contribution in [0.3, 0.4) is 0 Å². The quantitative estimate of drug-likeness (QED) is 0.716. The summed E-state index contributed by atoms with van der Waals surface area (Å²) in [6.07, 6.45) is 5.67. The Bertz CT molecular complexity index is 336. The lowest BCUT2D eigenvalue weighted by molar-refractivity contribution is 0.352. The van der Waals surface area contributed by atoms with E-state index >= 15 is 0 Å². The Kier molecular flexibility index (Phi) is 2.33. The third-order valence-electron chi connectivity index (χ3n) is 3.18. The van der Waals surface area contributed by atoms with Gasteiger partial charge < -0.3 is 4.42 Å². The molecule has 2 nitrogen and oxygen atoms in total. The summed E-state index contributed by atoms with van der Waals surface area (Å²) in [7, 11) is 0. The van der Waals surface area contributed by atoms with E-state index in [4.69, 9.17) is 4.42 Å². The molecule has 0 radical (unpaired) electrons. The molecule has 2 atom stereocenters. The molecule has 1 aromatic heterocycles. The van der Waals surface area contributed by atoms with Crippen molar-refractivity contribution in [1.82, 2.24) is 0 Å². The van der Waals surface area contributed by atoms with Crippen LogP contribution in [0.1, 0.15) is 31.9 Å². The van der Waals surface area contributed by atoms with Crippen molar-refractivity contribution in [2.75, 3.05) is 0 Å². The first-order valence-electron chi connectivity index (χ1n) is 5.18. The molecule has 1 aromatic rings. The lowest BCUT2D eigenvalue weighted by Gasteiger charge is -2.18. The normalized spacial score (nSPS) is 31.6. The summed E-state index contributed by atoms with van der Waals surface area (Å²) in [5.74, 6) is 1.63. The van der Waals surface area contributed by atoms with Crippen LogP contribution in [0.2, 0.25) is 0 Å². The van der Waals surface area contributed by atoms with Crippen molar-refractivity contribution >= 4 is 0 Å². The van der Waals surface area contributed by atoms with E-state index in [2.05, 4.69) is 13.0 Å². The van der Waals surface area contributed by atoms with E-state index in [0.29, 0.717) is 5.92 Å². The molecule has 2 heteroatoms. The van der Waals surface area contributed by atoms with Gasteiger partial charge in [0.05, 0.1) is 17.7 Å². The minimum absolute atomic E-state index is 0.155. The van der Waals surface area contributed by atoms with Gasteiger partial charge in [-0.05, 0) is 37.3 Å². The summed E-state index contributed by atoms with van der Waals surface area (Å²) in [5.41, 5.74) is -0.155. The van der Waals surface area contributed by atoms with E-state index in [1.807, 2.05) is 12.1 Å². The van der Waals surface area contributed by atoms with E-state index in [9.17, 15) is 5.26 Å². The van der Waals surface area contributed by atoms with E-state index < -0.39 is 0 Å². The van der Waals surface area contributed by atoms with Gasteiger partial charge in [-0.3, -0.25) is 0 Å². The molecule has 0 amide bonds. The Morgan fingerprint density at radius 3 is 3.07 bits per heavy atom. The van der Waals surface area contributed by atoms with Crippen molar-refractivity contribution < 1.29 is 4.42 Å². The maximum atomic E-state index is 9.24. The molecule has 0 N–H and O–H groups in total. The fourth-order valence-corrected chi connectivity index (χ4v) is 2.44. The van der Waals surface area contributed by atoms with E-state index in [1.165, 1.54) is 6.42 Å². The Morgan fingerprint density at radius 2 is 2.57 bits per heavy atom. The Balaban J connectivity index is 2.12. The molecule has 14 heavy (non-hydrogen) atoms. The molecule has 1 fully saturated rings. The molecule has 2 unspecified atom stereocenters. The van der Waals surface area contributed by atoms with E-state index in [-0.39, 0.29) is 5.41 Å². The second-order valence-corrected chi connectivity index (χ2v) is 4.50. The van der Waals surface area contributed by atoms with Gasteiger partial charge in [0.25, 0.3) is 0 Å². The third kappa shape index (κ3) is 1.68. The molecular weight excluding hydrogens is 174 g/mol. The smallest absolute Gasteiger partial charge is 0.105 e. The van der Waals surface area contributed by atoms with Crippen LogP contribution in [-0.4, -0.2) is 0 Å². The van der Waals surface area contributed by atoms with Crippen molar-refractivity contribution in [3.05, 3.63) is 24.2 Å². The number of nitriles is 1. The standard InChI is InChI=1S/C12H15NO/c1-10-4-5-12(7-10,9-13)8-11-3-2-6-14-11/h2-3,6,10H,4-5,7-8H2,1H3. The molecule has 0 bridgehead atoms. The average Bonchev–Trinajstić information content (AvgIpc) is 2.77. The van der Waals surface area contributed by atoms with Crippen LogP contribution in [0.25, 0.3) is 0 Å². The van der Waals surface area contributed by atoms with Gasteiger partial charge in [0.2, 0.25) is 0 Å². The Morgan fingerprint density at radius 1 is 1.71 bits per heavy atom. The molecule has 0 aromatic carbocycles.